The molecule has 15 heavy (non-hydrogen) atoms. The fourth-order valence-corrected chi connectivity index (χ4v) is 1.49. The van der Waals surface area contributed by atoms with Crippen molar-refractivity contribution in [1.29, 1.82) is 0 Å². The minimum Gasteiger partial charge on any atom is -0.465 e. The smallest absolute Gasteiger partial charge is 0.326 e. The Morgan fingerprint density at radius 3 is 2.20 bits per heavy atom. The van der Waals surface area contributed by atoms with Crippen LogP contribution in [0.3, 0.4) is 0 Å². The van der Waals surface area contributed by atoms with Crippen molar-refractivity contribution < 1.29 is 14.3 Å². The van der Waals surface area contributed by atoms with Crippen LogP contribution in [0.5, 0.6) is 0 Å². The summed E-state index contributed by atoms with van der Waals surface area (Å²) in [6, 6.07) is 0. The average Bonchev–Trinajstić information content (AvgIpc) is 2.26. The molecule has 4 nitrogen and oxygen atoms in total. The Labute approximate surface area is 91.2 Å². The molecule has 4 heteroatoms. The highest BCUT2D eigenvalue weighted by Crippen LogP contribution is 2.22. The Hall–Kier alpha value is -0.900. The number of ketones is 1. The Kier molecular flexibility index (Phi) is 5.50. The molecule has 0 aromatic heterocycles. The van der Waals surface area contributed by atoms with E-state index in [0.29, 0.717) is 12.8 Å². The lowest BCUT2D eigenvalue weighted by atomic mass is 9.80. The zero-order valence-corrected chi connectivity index (χ0v) is 10.0. The third-order valence-electron chi connectivity index (χ3n) is 2.84. The molecule has 0 saturated carbocycles. The second-order valence-electron chi connectivity index (χ2n) is 3.66. The summed E-state index contributed by atoms with van der Waals surface area (Å²) in [5, 5.41) is 0. The normalized spacial score (nSPS) is 16.6. The van der Waals surface area contributed by atoms with Gasteiger partial charge in [-0.25, -0.2) is 0 Å². The number of Topliss-reactive ketones (excluding diaryl/α,β-unsaturated/α-hetero) is 1. The zero-order chi connectivity index (χ0) is 12.1. The van der Waals surface area contributed by atoms with Crippen molar-refractivity contribution in [2.24, 2.45) is 11.7 Å². The van der Waals surface area contributed by atoms with Gasteiger partial charge in [-0.2, -0.15) is 0 Å². The molecule has 0 aliphatic rings. The van der Waals surface area contributed by atoms with Gasteiger partial charge >= 0.3 is 5.97 Å². The fourth-order valence-electron chi connectivity index (χ4n) is 1.49. The van der Waals surface area contributed by atoms with Crippen molar-refractivity contribution in [2.75, 3.05) is 6.61 Å². The van der Waals surface area contributed by atoms with Crippen LogP contribution < -0.4 is 5.73 Å². The van der Waals surface area contributed by atoms with Crippen molar-refractivity contribution in [3.63, 3.8) is 0 Å². The van der Waals surface area contributed by atoms with Crippen LogP contribution in [0.4, 0.5) is 0 Å². The van der Waals surface area contributed by atoms with E-state index in [4.69, 9.17) is 10.5 Å². The number of hydrogen-bond acceptors (Lipinski definition) is 4. The Balaban J connectivity index is 4.83. The average molecular weight is 215 g/mol. The number of carbonyl (C=O) groups is 2. The molecule has 2 N–H and O–H groups in total. The highest BCUT2D eigenvalue weighted by molar-refractivity contribution is 5.91. The molecule has 0 bridgehead atoms. The van der Waals surface area contributed by atoms with Crippen molar-refractivity contribution in [3.8, 4) is 0 Å². The molecule has 0 unspecified atom stereocenters. The molecular formula is C11H21NO3. The largest absolute Gasteiger partial charge is 0.465 e. The number of ether oxygens (including phenoxy) is 1. The first kappa shape index (κ1) is 14.1. The van der Waals surface area contributed by atoms with E-state index in [1.54, 1.807) is 27.7 Å². The van der Waals surface area contributed by atoms with Gasteiger partial charge in [-0.15, -0.1) is 0 Å². The molecular weight excluding hydrogens is 194 g/mol. The van der Waals surface area contributed by atoms with E-state index in [9.17, 15) is 9.59 Å². The molecule has 0 heterocycles. The molecule has 0 aliphatic carbocycles. The molecule has 0 amide bonds. The van der Waals surface area contributed by atoms with E-state index in [0.717, 1.165) is 0 Å². The summed E-state index contributed by atoms with van der Waals surface area (Å²) in [6.45, 7) is 7.24. The first-order valence-corrected chi connectivity index (χ1v) is 5.42. The molecule has 88 valence electrons. The van der Waals surface area contributed by atoms with Crippen LogP contribution in [0.15, 0.2) is 0 Å². The van der Waals surface area contributed by atoms with Crippen molar-refractivity contribution in [1.82, 2.24) is 0 Å². The van der Waals surface area contributed by atoms with E-state index in [-0.39, 0.29) is 12.4 Å². The standard InChI is InChI=1S/C11H21NO3/c1-5-9(13)8(4)11(12,6-2)10(14)15-7-3/h8H,5-7,12H2,1-4H3/t8-,11+/m1/s1. The van der Waals surface area contributed by atoms with E-state index >= 15 is 0 Å². The van der Waals surface area contributed by atoms with Crippen LogP contribution in [-0.2, 0) is 14.3 Å². The lowest BCUT2D eigenvalue weighted by Gasteiger charge is -2.30. The van der Waals surface area contributed by atoms with Gasteiger partial charge in [-0.3, -0.25) is 9.59 Å². The summed E-state index contributed by atoms with van der Waals surface area (Å²) in [5.41, 5.74) is 4.77. The predicted molar refractivity (Wildman–Crippen MR) is 58.3 cm³/mol. The van der Waals surface area contributed by atoms with E-state index < -0.39 is 17.4 Å². The fraction of sp³-hybridized carbons (Fsp3) is 0.818. The predicted octanol–water partition coefficient (Wildman–Crippen LogP) is 1.27. The molecule has 0 rings (SSSR count). The lowest BCUT2D eigenvalue weighted by Crippen LogP contribution is -2.56. The van der Waals surface area contributed by atoms with Gasteiger partial charge in [-0.05, 0) is 13.3 Å². The molecule has 0 aromatic rings. The highest BCUT2D eigenvalue weighted by Gasteiger charge is 2.42. The first-order chi connectivity index (χ1) is 6.93. The van der Waals surface area contributed by atoms with Crippen LogP contribution in [0, 0.1) is 5.92 Å². The van der Waals surface area contributed by atoms with Crippen LogP contribution >= 0.6 is 0 Å². The molecule has 0 aromatic carbocycles. The molecule has 0 radical (unpaired) electrons. The number of nitrogens with two attached hydrogens (primary N) is 1. The SMILES string of the molecule is CCOC(=O)[C@](N)(CC)[C@H](C)C(=O)CC. The summed E-state index contributed by atoms with van der Waals surface area (Å²) in [7, 11) is 0. The third kappa shape index (κ3) is 3.02. The Bertz CT molecular complexity index is 240. The monoisotopic (exact) mass is 215 g/mol. The van der Waals surface area contributed by atoms with E-state index in [1.807, 2.05) is 0 Å². The third-order valence-corrected chi connectivity index (χ3v) is 2.84. The van der Waals surface area contributed by atoms with Crippen molar-refractivity contribution in [2.45, 2.75) is 46.1 Å². The second kappa shape index (κ2) is 5.85. The Morgan fingerprint density at radius 1 is 1.33 bits per heavy atom. The summed E-state index contributed by atoms with van der Waals surface area (Å²) in [5.74, 6) is -0.985. The molecule has 2 atom stereocenters. The van der Waals surface area contributed by atoms with E-state index in [2.05, 4.69) is 0 Å². The summed E-state index contributed by atoms with van der Waals surface area (Å²) in [6.07, 6.45) is 0.790. The molecule has 0 spiro atoms. The maximum atomic E-state index is 11.7. The summed E-state index contributed by atoms with van der Waals surface area (Å²) < 4.78 is 4.90. The topological polar surface area (TPSA) is 69.4 Å². The highest BCUT2D eigenvalue weighted by atomic mass is 16.5. The van der Waals surface area contributed by atoms with Gasteiger partial charge in [0.25, 0.3) is 0 Å². The molecule has 0 saturated heterocycles. The van der Waals surface area contributed by atoms with Crippen molar-refractivity contribution in [3.05, 3.63) is 0 Å². The summed E-state index contributed by atoms with van der Waals surface area (Å²) >= 11 is 0. The number of rotatable bonds is 6. The summed E-state index contributed by atoms with van der Waals surface area (Å²) in [4.78, 5) is 23.2. The number of carbonyl (C=O) groups excluding carboxylic acids is 2. The zero-order valence-electron chi connectivity index (χ0n) is 10.0. The second-order valence-corrected chi connectivity index (χ2v) is 3.66. The number of hydrogen-bond donors (Lipinski definition) is 1. The minimum absolute atomic E-state index is 0.00703. The maximum Gasteiger partial charge on any atom is 0.326 e. The van der Waals surface area contributed by atoms with Crippen LogP contribution in [-0.4, -0.2) is 23.9 Å². The van der Waals surface area contributed by atoms with Gasteiger partial charge in [0.1, 0.15) is 11.3 Å². The lowest BCUT2D eigenvalue weighted by molar-refractivity contribution is -0.154. The molecule has 0 fully saturated rings. The van der Waals surface area contributed by atoms with Gasteiger partial charge < -0.3 is 10.5 Å². The number of esters is 1. The van der Waals surface area contributed by atoms with E-state index in [1.165, 1.54) is 0 Å². The van der Waals surface area contributed by atoms with Crippen LogP contribution in [0.1, 0.15) is 40.5 Å². The quantitative estimate of drug-likeness (QED) is 0.677. The van der Waals surface area contributed by atoms with Gasteiger partial charge in [0, 0.05) is 12.3 Å². The van der Waals surface area contributed by atoms with Crippen LogP contribution in [0.25, 0.3) is 0 Å². The Morgan fingerprint density at radius 2 is 1.87 bits per heavy atom. The van der Waals surface area contributed by atoms with Gasteiger partial charge in [-0.1, -0.05) is 20.8 Å². The molecule has 0 aliphatic heterocycles. The van der Waals surface area contributed by atoms with Gasteiger partial charge in [0.05, 0.1) is 6.61 Å². The minimum atomic E-state index is -1.18. The van der Waals surface area contributed by atoms with Gasteiger partial charge in [0.15, 0.2) is 0 Å². The maximum absolute atomic E-state index is 11.7. The van der Waals surface area contributed by atoms with Crippen molar-refractivity contribution >= 4 is 11.8 Å². The first-order valence-electron chi connectivity index (χ1n) is 5.42. The van der Waals surface area contributed by atoms with Gasteiger partial charge in [0.2, 0.25) is 0 Å². The van der Waals surface area contributed by atoms with Crippen LogP contribution in [0.2, 0.25) is 0 Å².